The highest BCUT2D eigenvalue weighted by molar-refractivity contribution is 6.03. The van der Waals surface area contributed by atoms with Gasteiger partial charge in [0.15, 0.2) is 0 Å². The van der Waals surface area contributed by atoms with Gasteiger partial charge in [0.05, 0.1) is 46.0 Å². The normalized spacial score (nSPS) is 19.6. The maximum atomic E-state index is 5.80. The third-order valence-electron chi connectivity index (χ3n) is 5.38. The van der Waals surface area contributed by atoms with E-state index in [0.29, 0.717) is 25.0 Å². The van der Waals surface area contributed by atoms with E-state index in [-0.39, 0.29) is 12.1 Å². The summed E-state index contributed by atoms with van der Waals surface area (Å²) in [5.41, 5.74) is 5.69. The molecule has 0 radical (unpaired) electrons. The first kappa shape index (κ1) is 20.1. The van der Waals surface area contributed by atoms with Gasteiger partial charge in [-0.2, -0.15) is 0 Å². The molecule has 5 rings (SSSR count). The quantitative estimate of drug-likeness (QED) is 0.546. The molecule has 32 heavy (non-hydrogen) atoms. The van der Waals surface area contributed by atoms with Gasteiger partial charge in [-0.3, -0.25) is 0 Å². The van der Waals surface area contributed by atoms with Crippen LogP contribution in [0.25, 0.3) is 0 Å². The lowest BCUT2D eigenvalue weighted by Crippen LogP contribution is -2.08. The van der Waals surface area contributed by atoms with Crippen molar-refractivity contribution in [3.63, 3.8) is 0 Å². The van der Waals surface area contributed by atoms with Crippen LogP contribution in [-0.2, 0) is 9.47 Å². The van der Waals surface area contributed by atoms with Gasteiger partial charge in [0.25, 0.3) is 0 Å². The molecular weight excluding hydrogens is 400 g/mol. The summed E-state index contributed by atoms with van der Waals surface area (Å²) in [5.74, 6) is 1.36. The van der Waals surface area contributed by atoms with Crippen LogP contribution < -0.4 is 10.6 Å². The Labute approximate surface area is 188 Å². The SMILES string of the molecule is CC1COC(c2ccccc2Nc2ccccc2Nc2ccccc2C2=NC(C)CO2)=N1. The van der Waals surface area contributed by atoms with Crippen LogP contribution in [0, 0.1) is 0 Å². The van der Waals surface area contributed by atoms with Crippen LogP contribution in [0.15, 0.2) is 82.8 Å². The number of para-hydroxylation sites is 4. The molecule has 0 saturated heterocycles. The molecule has 2 aliphatic heterocycles. The van der Waals surface area contributed by atoms with E-state index in [4.69, 9.17) is 9.47 Å². The van der Waals surface area contributed by atoms with E-state index < -0.39 is 0 Å². The number of nitrogens with one attached hydrogen (secondary N) is 2. The fourth-order valence-corrected chi connectivity index (χ4v) is 3.79. The molecule has 6 heteroatoms. The molecular formula is C26H26N4O2. The molecule has 0 spiro atoms. The summed E-state index contributed by atoms with van der Waals surface area (Å²) >= 11 is 0. The summed E-state index contributed by atoms with van der Waals surface area (Å²) in [6, 6.07) is 24.6. The molecule has 2 heterocycles. The molecule has 0 aromatic heterocycles. The fourth-order valence-electron chi connectivity index (χ4n) is 3.79. The van der Waals surface area contributed by atoms with Crippen molar-refractivity contribution in [2.75, 3.05) is 23.8 Å². The summed E-state index contributed by atoms with van der Waals surface area (Å²) in [7, 11) is 0. The van der Waals surface area contributed by atoms with E-state index >= 15 is 0 Å². The predicted molar refractivity (Wildman–Crippen MR) is 130 cm³/mol. The Morgan fingerprint density at radius 1 is 0.594 bits per heavy atom. The van der Waals surface area contributed by atoms with E-state index in [2.05, 4.69) is 34.5 Å². The monoisotopic (exact) mass is 426 g/mol. The van der Waals surface area contributed by atoms with Crippen LogP contribution in [0.1, 0.15) is 25.0 Å². The van der Waals surface area contributed by atoms with Gasteiger partial charge >= 0.3 is 0 Å². The van der Waals surface area contributed by atoms with Crippen molar-refractivity contribution in [2.24, 2.45) is 9.98 Å². The van der Waals surface area contributed by atoms with E-state index in [1.54, 1.807) is 0 Å². The molecule has 2 atom stereocenters. The van der Waals surface area contributed by atoms with Gasteiger partial charge in [-0.05, 0) is 50.2 Å². The zero-order valence-electron chi connectivity index (χ0n) is 18.2. The highest BCUT2D eigenvalue weighted by atomic mass is 16.5. The van der Waals surface area contributed by atoms with E-state index in [1.807, 2.05) is 72.8 Å². The Morgan fingerprint density at radius 3 is 1.34 bits per heavy atom. The lowest BCUT2D eigenvalue weighted by molar-refractivity contribution is 0.324. The molecule has 0 fully saturated rings. The molecule has 0 aliphatic carbocycles. The van der Waals surface area contributed by atoms with Gasteiger partial charge in [0, 0.05) is 0 Å². The average molecular weight is 427 g/mol. The summed E-state index contributed by atoms with van der Waals surface area (Å²) in [5, 5.41) is 7.13. The Kier molecular flexibility index (Phi) is 5.50. The molecule has 162 valence electrons. The molecule has 2 N–H and O–H groups in total. The molecule has 2 aliphatic rings. The first-order valence-electron chi connectivity index (χ1n) is 10.9. The second-order valence-corrected chi connectivity index (χ2v) is 8.08. The Morgan fingerprint density at radius 2 is 0.969 bits per heavy atom. The highest BCUT2D eigenvalue weighted by Gasteiger charge is 2.21. The maximum absolute atomic E-state index is 5.80. The van der Waals surface area contributed by atoms with Crippen molar-refractivity contribution in [2.45, 2.75) is 25.9 Å². The van der Waals surface area contributed by atoms with Gasteiger partial charge < -0.3 is 20.1 Å². The molecule has 3 aromatic rings. The van der Waals surface area contributed by atoms with E-state index in [1.165, 1.54) is 0 Å². The number of nitrogens with zero attached hydrogens (tertiary/aromatic N) is 2. The second-order valence-electron chi connectivity index (χ2n) is 8.08. The second kappa shape index (κ2) is 8.75. The number of rotatable bonds is 6. The molecule has 6 nitrogen and oxygen atoms in total. The average Bonchev–Trinajstić information content (AvgIpc) is 3.44. The van der Waals surface area contributed by atoms with Crippen molar-refractivity contribution in [1.82, 2.24) is 0 Å². The first-order chi connectivity index (χ1) is 15.7. The third kappa shape index (κ3) is 4.17. The van der Waals surface area contributed by atoms with Gasteiger partial charge in [0.1, 0.15) is 13.2 Å². The lowest BCUT2D eigenvalue weighted by Gasteiger charge is -2.17. The van der Waals surface area contributed by atoms with Crippen LogP contribution in [-0.4, -0.2) is 37.1 Å². The topological polar surface area (TPSA) is 67.2 Å². The zero-order chi connectivity index (χ0) is 21.9. The summed E-state index contributed by atoms with van der Waals surface area (Å²) < 4.78 is 11.6. The molecule has 2 unspecified atom stereocenters. The van der Waals surface area contributed by atoms with Crippen molar-refractivity contribution in [3.05, 3.63) is 83.9 Å². The third-order valence-corrected chi connectivity index (χ3v) is 5.38. The van der Waals surface area contributed by atoms with Crippen LogP contribution in [0.4, 0.5) is 22.7 Å². The summed E-state index contributed by atoms with van der Waals surface area (Å²) in [6.07, 6.45) is 0. The van der Waals surface area contributed by atoms with Crippen LogP contribution in [0.2, 0.25) is 0 Å². The minimum atomic E-state index is 0.173. The Hall–Kier alpha value is -3.80. The number of hydrogen-bond acceptors (Lipinski definition) is 6. The number of ether oxygens (including phenoxy) is 2. The van der Waals surface area contributed by atoms with Crippen molar-refractivity contribution >= 4 is 34.5 Å². The van der Waals surface area contributed by atoms with Gasteiger partial charge in [0.2, 0.25) is 11.8 Å². The largest absolute Gasteiger partial charge is 0.475 e. The standard InChI is InChI=1S/C26H26N4O2/c1-17-15-31-25(27-17)19-9-3-5-11-21(19)29-23-13-7-8-14-24(23)30-22-12-6-4-10-20(22)26-28-18(2)16-32-26/h3-14,17-18,29-30H,15-16H2,1-2H3. The molecule has 3 aromatic carbocycles. The Balaban J connectivity index is 1.45. The maximum Gasteiger partial charge on any atom is 0.218 e. The lowest BCUT2D eigenvalue weighted by atomic mass is 10.1. The summed E-state index contributed by atoms with van der Waals surface area (Å²) in [4.78, 5) is 9.25. The van der Waals surface area contributed by atoms with E-state index in [0.717, 1.165) is 33.9 Å². The van der Waals surface area contributed by atoms with Crippen LogP contribution >= 0.6 is 0 Å². The highest BCUT2D eigenvalue weighted by Crippen LogP contribution is 2.32. The number of hydrogen-bond donors (Lipinski definition) is 2. The zero-order valence-corrected chi connectivity index (χ0v) is 18.2. The summed E-state index contributed by atoms with van der Waals surface area (Å²) in [6.45, 7) is 5.34. The van der Waals surface area contributed by atoms with Crippen LogP contribution in [0.5, 0.6) is 0 Å². The van der Waals surface area contributed by atoms with Gasteiger partial charge in [-0.1, -0.05) is 36.4 Å². The van der Waals surface area contributed by atoms with Crippen molar-refractivity contribution in [1.29, 1.82) is 0 Å². The fraction of sp³-hybridized carbons (Fsp3) is 0.231. The number of benzene rings is 3. The number of anilines is 4. The predicted octanol–water partition coefficient (Wildman–Crippen LogP) is 5.50. The first-order valence-corrected chi connectivity index (χ1v) is 10.9. The Bertz CT molecular complexity index is 1100. The minimum Gasteiger partial charge on any atom is -0.475 e. The van der Waals surface area contributed by atoms with Gasteiger partial charge in [-0.15, -0.1) is 0 Å². The smallest absolute Gasteiger partial charge is 0.218 e. The van der Waals surface area contributed by atoms with Gasteiger partial charge in [-0.25, -0.2) is 9.98 Å². The van der Waals surface area contributed by atoms with Crippen molar-refractivity contribution in [3.8, 4) is 0 Å². The molecule has 0 saturated carbocycles. The van der Waals surface area contributed by atoms with E-state index in [9.17, 15) is 0 Å². The minimum absolute atomic E-state index is 0.173. The molecule has 0 bridgehead atoms. The molecule has 0 amide bonds. The number of aliphatic imine (C=N–C) groups is 2. The van der Waals surface area contributed by atoms with Crippen LogP contribution in [0.3, 0.4) is 0 Å². The van der Waals surface area contributed by atoms with Crippen molar-refractivity contribution < 1.29 is 9.47 Å².